The first-order valence-corrected chi connectivity index (χ1v) is 13.6. The van der Waals surface area contributed by atoms with Gasteiger partial charge in [0.1, 0.15) is 22.6 Å². The van der Waals surface area contributed by atoms with Gasteiger partial charge in [-0.05, 0) is 49.9 Å². The van der Waals surface area contributed by atoms with Gasteiger partial charge in [-0.2, -0.15) is 0 Å². The predicted octanol–water partition coefficient (Wildman–Crippen LogP) is 3.10. The molecule has 1 aliphatic heterocycles. The molecule has 0 saturated carbocycles. The van der Waals surface area contributed by atoms with Crippen molar-refractivity contribution in [3.8, 4) is 17.1 Å². The van der Waals surface area contributed by atoms with Crippen LogP contribution in [0.4, 0.5) is 0 Å². The van der Waals surface area contributed by atoms with Crippen molar-refractivity contribution in [2.24, 2.45) is 12.2 Å². The van der Waals surface area contributed by atoms with Crippen molar-refractivity contribution in [1.82, 2.24) is 23.7 Å². The third kappa shape index (κ3) is 6.01. The highest BCUT2D eigenvalue weighted by atomic mass is 32.2. The largest absolute Gasteiger partial charge is 0.493 e. The standard InChI is InChI=1S/C26H36N6O4S/c1-4-7-19-21(17-27-35)30(3)24-23(19)28-25(29-26(24)34)20-16-18(8-9-22(20)36-5-2)37-32-13-11-31(12-14-32)10-6-15-33/h8-9,16-17,33,35H,4-7,10-15H2,1-3H3,(H,28,29,34)/b27-17+. The third-order valence-electron chi connectivity index (χ3n) is 6.57. The van der Waals surface area contributed by atoms with E-state index in [2.05, 4.69) is 26.3 Å². The number of piperazine rings is 1. The monoisotopic (exact) mass is 528 g/mol. The minimum Gasteiger partial charge on any atom is -0.493 e. The van der Waals surface area contributed by atoms with Crippen LogP contribution in [0.3, 0.4) is 0 Å². The van der Waals surface area contributed by atoms with Gasteiger partial charge in [0.25, 0.3) is 5.56 Å². The Kier molecular flexibility index (Phi) is 9.25. The number of aromatic amines is 1. The summed E-state index contributed by atoms with van der Waals surface area (Å²) in [7, 11) is 1.78. The summed E-state index contributed by atoms with van der Waals surface area (Å²) in [5.74, 6) is 1.11. The molecule has 3 aromatic rings. The van der Waals surface area contributed by atoms with E-state index >= 15 is 0 Å². The Morgan fingerprint density at radius 2 is 2.03 bits per heavy atom. The maximum Gasteiger partial charge on any atom is 0.275 e. The number of aliphatic hydroxyl groups is 1. The molecule has 1 aromatic carbocycles. The molecule has 1 aliphatic rings. The van der Waals surface area contributed by atoms with Crippen molar-refractivity contribution in [1.29, 1.82) is 0 Å². The number of hydrogen-bond donors (Lipinski definition) is 3. The molecule has 11 heteroatoms. The quantitative estimate of drug-likeness (QED) is 0.150. The lowest BCUT2D eigenvalue weighted by Gasteiger charge is -2.33. The number of aliphatic hydroxyl groups excluding tert-OH is 1. The molecule has 10 nitrogen and oxygen atoms in total. The third-order valence-corrected chi connectivity index (χ3v) is 7.66. The van der Waals surface area contributed by atoms with Gasteiger partial charge < -0.3 is 29.5 Å². The molecule has 1 fully saturated rings. The van der Waals surface area contributed by atoms with Gasteiger partial charge in [-0.25, -0.2) is 9.29 Å². The first kappa shape index (κ1) is 27.2. The van der Waals surface area contributed by atoms with E-state index in [0.717, 1.165) is 61.6 Å². The number of oxime groups is 1. The summed E-state index contributed by atoms with van der Waals surface area (Å²) < 4.78 is 9.98. The summed E-state index contributed by atoms with van der Waals surface area (Å²) >= 11 is 1.69. The van der Waals surface area contributed by atoms with E-state index in [4.69, 9.17) is 14.8 Å². The maximum atomic E-state index is 13.2. The molecule has 0 aliphatic carbocycles. The number of nitrogens with one attached hydrogen (secondary N) is 1. The summed E-state index contributed by atoms with van der Waals surface area (Å²) in [4.78, 5) is 24.5. The van der Waals surface area contributed by atoms with Crippen LogP contribution in [0.2, 0.25) is 0 Å². The van der Waals surface area contributed by atoms with Gasteiger partial charge >= 0.3 is 0 Å². The van der Waals surface area contributed by atoms with Gasteiger partial charge in [-0.15, -0.1) is 0 Å². The van der Waals surface area contributed by atoms with Crippen LogP contribution in [0, 0.1) is 0 Å². The molecule has 200 valence electrons. The predicted molar refractivity (Wildman–Crippen MR) is 147 cm³/mol. The zero-order chi connectivity index (χ0) is 26.4. The van der Waals surface area contributed by atoms with Crippen molar-refractivity contribution in [2.75, 3.05) is 45.9 Å². The number of H-pyrrole nitrogens is 1. The molecule has 1 saturated heterocycles. The Balaban J connectivity index is 1.69. The molecule has 0 spiro atoms. The molecule has 0 bridgehead atoms. The van der Waals surface area contributed by atoms with Crippen molar-refractivity contribution < 1.29 is 15.1 Å². The van der Waals surface area contributed by atoms with Crippen LogP contribution in [-0.2, 0) is 13.5 Å². The molecule has 37 heavy (non-hydrogen) atoms. The Hall–Kier alpha value is -2.86. The van der Waals surface area contributed by atoms with Gasteiger partial charge in [0.2, 0.25) is 0 Å². The van der Waals surface area contributed by atoms with Crippen molar-refractivity contribution in [2.45, 2.75) is 38.0 Å². The van der Waals surface area contributed by atoms with Gasteiger partial charge in [-0.1, -0.05) is 18.5 Å². The van der Waals surface area contributed by atoms with E-state index in [-0.39, 0.29) is 12.2 Å². The van der Waals surface area contributed by atoms with Gasteiger partial charge in [0.15, 0.2) is 0 Å². The Labute approximate surface area is 221 Å². The minimum atomic E-state index is -0.253. The topological polar surface area (TPSA) is 119 Å². The average molecular weight is 529 g/mol. The first-order valence-electron chi connectivity index (χ1n) is 12.8. The number of nitrogens with zero attached hydrogens (tertiary/aromatic N) is 5. The van der Waals surface area contributed by atoms with Gasteiger partial charge in [0, 0.05) is 56.8 Å². The van der Waals surface area contributed by atoms with Gasteiger partial charge in [0.05, 0.1) is 24.1 Å². The molecule has 3 heterocycles. The lowest BCUT2D eigenvalue weighted by Crippen LogP contribution is -2.43. The average Bonchev–Trinajstić information content (AvgIpc) is 3.16. The highest BCUT2D eigenvalue weighted by Gasteiger charge is 2.22. The van der Waals surface area contributed by atoms with Crippen LogP contribution in [-0.4, -0.2) is 86.2 Å². The number of aromatic nitrogens is 3. The number of rotatable bonds is 11. The number of aryl methyl sites for hydroxylation is 2. The zero-order valence-corrected chi connectivity index (χ0v) is 22.6. The van der Waals surface area contributed by atoms with E-state index in [1.807, 2.05) is 25.1 Å². The summed E-state index contributed by atoms with van der Waals surface area (Å²) in [5, 5.41) is 21.5. The second-order valence-electron chi connectivity index (χ2n) is 9.06. The van der Waals surface area contributed by atoms with Crippen LogP contribution < -0.4 is 10.3 Å². The molecular weight excluding hydrogens is 492 g/mol. The molecule has 0 radical (unpaired) electrons. The summed E-state index contributed by atoms with van der Waals surface area (Å²) in [5.41, 5.74) is 3.09. The second-order valence-corrected chi connectivity index (χ2v) is 10.2. The highest BCUT2D eigenvalue weighted by molar-refractivity contribution is 7.97. The van der Waals surface area contributed by atoms with Gasteiger partial charge in [-0.3, -0.25) is 4.79 Å². The summed E-state index contributed by atoms with van der Waals surface area (Å²) in [6, 6.07) is 6.00. The molecular formula is C26H36N6O4S. The van der Waals surface area contributed by atoms with E-state index < -0.39 is 0 Å². The summed E-state index contributed by atoms with van der Waals surface area (Å²) in [6.07, 6.45) is 3.73. The molecule has 2 aromatic heterocycles. The first-order chi connectivity index (χ1) is 18.0. The SMILES string of the molecule is CCCc1c(/C=N/O)n(C)c2c(=O)[nH]c(-c3cc(SN4CCN(CCCO)CC4)ccc3OCC)nc12. The minimum absolute atomic E-state index is 0.227. The Morgan fingerprint density at radius 3 is 2.70 bits per heavy atom. The van der Waals surface area contributed by atoms with Crippen molar-refractivity contribution >= 4 is 29.2 Å². The van der Waals surface area contributed by atoms with E-state index in [9.17, 15) is 10.0 Å². The fraction of sp³-hybridized carbons (Fsp3) is 0.500. The van der Waals surface area contributed by atoms with E-state index in [0.29, 0.717) is 41.3 Å². The number of hydrogen-bond acceptors (Lipinski definition) is 9. The fourth-order valence-corrected chi connectivity index (χ4v) is 5.74. The number of fused-ring (bicyclic) bond motifs is 1. The highest BCUT2D eigenvalue weighted by Crippen LogP contribution is 2.35. The Morgan fingerprint density at radius 1 is 1.24 bits per heavy atom. The zero-order valence-electron chi connectivity index (χ0n) is 21.7. The van der Waals surface area contributed by atoms with Crippen molar-refractivity contribution in [3.05, 3.63) is 39.8 Å². The van der Waals surface area contributed by atoms with Crippen LogP contribution in [0.1, 0.15) is 37.9 Å². The van der Waals surface area contributed by atoms with Crippen LogP contribution in [0.5, 0.6) is 5.75 Å². The molecule has 0 unspecified atom stereocenters. The van der Waals surface area contributed by atoms with Crippen LogP contribution in [0.25, 0.3) is 22.4 Å². The smallest absolute Gasteiger partial charge is 0.275 e. The molecule has 4 rings (SSSR count). The molecule has 0 amide bonds. The fourth-order valence-electron chi connectivity index (χ4n) is 4.80. The van der Waals surface area contributed by atoms with E-state index in [1.54, 1.807) is 23.6 Å². The Bertz CT molecular complexity index is 1300. The maximum absolute atomic E-state index is 13.2. The lowest BCUT2D eigenvalue weighted by molar-refractivity contribution is 0.177. The van der Waals surface area contributed by atoms with Crippen LogP contribution >= 0.6 is 11.9 Å². The normalized spacial score (nSPS) is 15.2. The van der Waals surface area contributed by atoms with Crippen LogP contribution in [0.15, 0.2) is 33.0 Å². The lowest BCUT2D eigenvalue weighted by atomic mass is 10.1. The molecule has 3 N–H and O–H groups in total. The van der Waals surface area contributed by atoms with Crippen molar-refractivity contribution in [3.63, 3.8) is 0 Å². The molecule has 0 atom stereocenters. The second kappa shape index (κ2) is 12.6. The number of ether oxygens (including phenoxy) is 1. The summed E-state index contributed by atoms with van der Waals surface area (Å²) in [6.45, 7) is 9.43. The van der Waals surface area contributed by atoms with E-state index in [1.165, 1.54) is 6.21 Å². The number of benzene rings is 1.